The van der Waals surface area contributed by atoms with Crippen molar-refractivity contribution in [1.29, 1.82) is 0 Å². The summed E-state index contributed by atoms with van der Waals surface area (Å²) in [5.74, 6) is 1.71. The summed E-state index contributed by atoms with van der Waals surface area (Å²) in [5.41, 5.74) is 1.04. The Balaban J connectivity index is 1.24. The Morgan fingerprint density at radius 3 is 2.88 bits per heavy atom. The van der Waals surface area contributed by atoms with Crippen LogP contribution in [0.3, 0.4) is 0 Å². The van der Waals surface area contributed by atoms with Crippen molar-refractivity contribution in [2.24, 2.45) is 0 Å². The molecule has 1 atom stereocenters. The average molecular weight is 346 g/mol. The second-order valence-electron chi connectivity index (χ2n) is 7.38. The van der Waals surface area contributed by atoms with E-state index < -0.39 is 0 Å². The molecule has 3 aliphatic heterocycles. The number of piperidine rings is 1. The normalized spacial score (nSPS) is 25.6. The fourth-order valence-corrected chi connectivity index (χ4v) is 3.78. The molecule has 1 amide bonds. The number of benzene rings is 1. The van der Waals surface area contributed by atoms with E-state index >= 15 is 0 Å². The van der Waals surface area contributed by atoms with Gasteiger partial charge in [0.15, 0.2) is 11.5 Å². The summed E-state index contributed by atoms with van der Waals surface area (Å²) in [5, 5.41) is 2.94. The number of amides is 1. The number of hydrogen-bond donors (Lipinski definition) is 1. The molecule has 2 fully saturated rings. The Morgan fingerprint density at radius 2 is 2.12 bits per heavy atom. The quantitative estimate of drug-likeness (QED) is 0.899. The van der Waals surface area contributed by atoms with Crippen LogP contribution in [-0.2, 0) is 9.53 Å². The molecule has 6 nitrogen and oxygen atoms in total. The van der Waals surface area contributed by atoms with E-state index in [0.29, 0.717) is 13.2 Å². The number of ether oxygens (including phenoxy) is 3. The molecule has 0 saturated carbocycles. The molecule has 1 aromatic carbocycles. The Kier molecular flexibility index (Phi) is 4.56. The number of carbonyl (C=O) groups excluding carboxylic acids is 1. The van der Waals surface area contributed by atoms with Crippen molar-refractivity contribution in [1.82, 2.24) is 10.2 Å². The Labute approximate surface area is 148 Å². The largest absolute Gasteiger partial charge is 0.486 e. The lowest BCUT2D eigenvalue weighted by Gasteiger charge is -2.43. The second kappa shape index (κ2) is 6.84. The van der Waals surface area contributed by atoms with Crippen LogP contribution in [0.15, 0.2) is 18.2 Å². The smallest absolute Gasteiger partial charge is 0.246 e. The number of rotatable bonds is 3. The zero-order valence-electron chi connectivity index (χ0n) is 14.8. The van der Waals surface area contributed by atoms with Crippen molar-refractivity contribution in [3.05, 3.63) is 23.8 Å². The van der Waals surface area contributed by atoms with Gasteiger partial charge in [0.25, 0.3) is 0 Å². The molecule has 136 valence electrons. The van der Waals surface area contributed by atoms with Gasteiger partial charge in [-0.1, -0.05) is 6.07 Å². The summed E-state index contributed by atoms with van der Waals surface area (Å²) in [7, 11) is 0. The Morgan fingerprint density at radius 1 is 1.28 bits per heavy atom. The SMILES string of the molecule is Cc1ccc2c(c1)OCC(CCN1CCC3(CC1)CNC(=O)CO3)O2. The molecular formula is C19H26N2O4. The molecule has 1 unspecified atom stereocenters. The molecule has 1 aromatic rings. The number of hydrogen-bond acceptors (Lipinski definition) is 5. The second-order valence-corrected chi connectivity index (χ2v) is 7.38. The summed E-state index contributed by atoms with van der Waals surface area (Å²) >= 11 is 0. The number of aryl methyl sites for hydroxylation is 1. The van der Waals surface area contributed by atoms with Crippen LogP contribution in [0.4, 0.5) is 0 Å². The van der Waals surface area contributed by atoms with Gasteiger partial charge < -0.3 is 24.4 Å². The van der Waals surface area contributed by atoms with Crippen LogP contribution in [0.25, 0.3) is 0 Å². The van der Waals surface area contributed by atoms with E-state index in [4.69, 9.17) is 14.2 Å². The molecule has 1 N–H and O–H groups in total. The molecule has 1 spiro atoms. The molecule has 0 aromatic heterocycles. The molecule has 25 heavy (non-hydrogen) atoms. The van der Waals surface area contributed by atoms with Crippen molar-refractivity contribution in [2.75, 3.05) is 39.4 Å². The first-order chi connectivity index (χ1) is 12.1. The Bertz CT molecular complexity index is 628. The molecule has 6 heteroatoms. The third-order valence-corrected chi connectivity index (χ3v) is 5.47. The van der Waals surface area contributed by atoms with Gasteiger partial charge in [-0.2, -0.15) is 0 Å². The van der Waals surface area contributed by atoms with Gasteiger partial charge in [0, 0.05) is 32.6 Å². The predicted molar refractivity (Wildman–Crippen MR) is 93.1 cm³/mol. The first-order valence-electron chi connectivity index (χ1n) is 9.15. The minimum absolute atomic E-state index is 0.00187. The summed E-state index contributed by atoms with van der Waals surface area (Å²) in [6.45, 7) is 6.52. The van der Waals surface area contributed by atoms with Gasteiger partial charge in [-0.25, -0.2) is 0 Å². The van der Waals surface area contributed by atoms with Crippen molar-refractivity contribution in [3.63, 3.8) is 0 Å². The van der Waals surface area contributed by atoms with E-state index in [1.807, 2.05) is 12.1 Å². The van der Waals surface area contributed by atoms with E-state index in [1.54, 1.807) is 0 Å². The zero-order valence-corrected chi connectivity index (χ0v) is 14.8. The lowest BCUT2D eigenvalue weighted by Crippen LogP contribution is -2.57. The molecule has 3 aliphatic rings. The maximum atomic E-state index is 11.3. The summed E-state index contributed by atoms with van der Waals surface area (Å²) in [6, 6.07) is 6.08. The molecule has 0 bridgehead atoms. The van der Waals surface area contributed by atoms with Gasteiger partial charge in [0.2, 0.25) is 5.91 Å². The van der Waals surface area contributed by atoms with Gasteiger partial charge in [-0.3, -0.25) is 4.79 Å². The zero-order chi connectivity index (χ0) is 17.3. The molecule has 0 radical (unpaired) electrons. The van der Waals surface area contributed by atoms with Crippen molar-refractivity contribution < 1.29 is 19.0 Å². The molecule has 3 heterocycles. The van der Waals surface area contributed by atoms with Crippen LogP contribution in [0.5, 0.6) is 11.5 Å². The van der Waals surface area contributed by atoms with E-state index in [9.17, 15) is 4.79 Å². The highest BCUT2D eigenvalue weighted by Crippen LogP contribution is 2.33. The van der Waals surface area contributed by atoms with E-state index in [0.717, 1.165) is 50.4 Å². The van der Waals surface area contributed by atoms with Crippen molar-refractivity contribution in [2.45, 2.75) is 37.9 Å². The predicted octanol–water partition coefficient (Wildman–Crippen LogP) is 1.51. The number of morpholine rings is 1. The standard InChI is InChI=1S/C19H26N2O4/c1-14-2-3-16-17(10-14)23-11-15(25-16)4-7-21-8-5-19(6-9-21)13-20-18(22)12-24-19/h2-3,10,15H,4-9,11-13H2,1H3,(H,20,22). The van der Waals surface area contributed by atoms with E-state index in [1.165, 1.54) is 5.56 Å². The van der Waals surface area contributed by atoms with E-state index in [2.05, 4.69) is 23.2 Å². The highest BCUT2D eigenvalue weighted by atomic mass is 16.6. The number of nitrogens with zero attached hydrogens (tertiary/aromatic N) is 1. The van der Waals surface area contributed by atoms with Crippen LogP contribution in [0, 0.1) is 6.92 Å². The number of carbonyl (C=O) groups is 1. The van der Waals surface area contributed by atoms with Gasteiger partial charge in [-0.05, 0) is 37.5 Å². The maximum absolute atomic E-state index is 11.3. The van der Waals surface area contributed by atoms with Gasteiger partial charge in [-0.15, -0.1) is 0 Å². The minimum atomic E-state index is -0.147. The lowest BCUT2D eigenvalue weighted by molar-refractivity contribution is -0.150. The highest BCUT2D eigenvalue weighted by Gasteiger charge is 2.39. The minimum Gasteiger partial charge on any atom is -0.486 e. The van der Waals surface area contributed by atoms with Crippen LogP contribution in [0.1, 0.15) is 24.8 Å². The first kappa shape index (κ1) is 16.7. The Hall–Kier alpha value is -1.79. The maximum Gasteiger partial charge on any atom is 0.246 e. The van der Waals surface area contributed by atoms with Crippen molar-refractivity contribution >= 4 is 5.91 Å². The third-order valence-electron chi connectivity index (χ3n) is 5.47. The fraction of sp³-hybridized carbons (Fsp3) is 0.632. The van der Waals surface area contributed by atoms with Crippen LogP contribution < -0.4 is 14.8 Å². The number of likely N-dealkylation sites (tertiary alicyclic amines) is 1. The highest BCUT2D eigenvalue weighted by molar-refractivity contribution is 5.78. The van der Waals surface area contributed by atoms with Crippen molar-refractivity contribution in [3.8, 4) is 11.5 Å². The van der Waals surface area contributed by atoms with Gasteiger partial charge in [0.05, 0.1) is 5.60 Å². The number of nitrogens with one attached hydrogen (secondary N) is 1. The van der Waals surface area contributed by atoms with E-state index in [-0.39, 0.29) is 24.2 Å². The third kappa shape index (κ3) is 3.75. The monoisotopic (exact) mass is 346 g/mol. The summed E-state index contributed by atoms with van der Waals surface area (Å²) in [6.07, 6.45) is 3.00. The molecule has 0 aliphatic carbocycles. The number of fused-ring (bicyclic) bond motifs is 1. The molecule has 4 rings (SSSR count). The molecular weight excluding hydrogens is 320 g/mol. The van der Waals surface area contributed by atoms with Crippen LogP contribution in [-0.4, -0.2) is 61.9 Å². The summed E-state index contributed by atoms with van der Waals surface area (Å²) < 4.78 is 17.8. The van der Waals surface area contributed by atoms with Gasteiger partial charge in [0.1, 0.15) is 19.3 Å². The van der Waals surface area contributed by atoms with Crippen LogP contribution in [0.2, 0.25) is 0 Å². The average Bonchev–Trinajstić information content (AvgIpc) is 2.64. The van der Waals surface area contributed by atoms with Gasteiger partial charge >= 0.3 is 0 Å². The first-order valence-corrected chi connectivity index (χ1v) is 9.15. The topological polar surface area (TPSA) is 60.0 Å². The summed E-state index contributed by atoms with van der Waals surface area (Å²) in [4.78, 5) is 13.7. The lowest BCUT2D eigenvalue weighted by atomic mass is 9.90. The molecule has 2 saturated heterocycles. The van der Waals surface area contributed by atoms with Crippen LogP contribution >= 0.6 is 0 Å². The fourth-order valence-electron chi connectivity index (χ4n) is 3.78.